The zero-order valence-corrected chi connectivity index (χ0v) is 17.9. The Bertz CT molecular complexity index is 938. The van der Waals surface area contributed by atoms with Gasteiger partial charge in [-0.2, -0.15) is 0 Å². The molecular formula is C23H26N2O4S. The van der Waals surface area contributed by atoms with Gasteiger partial charge in [-0.25, -0.2) is 4.98 Å². The predicted octanol–water partition coefficient (Wildman–Crippen LogP) is 4.07. The first kappa shape index (κ1) is 20.7. The summed E-state index contributed by atoms with van der Waals surface area (Å²) in [6.45, 7) is 2.05. The van der Waals surface area contributed by atoms with E-state index in [1.54, 1.807) is 0 Å². The van der Waals surface area contributed by atoms with Gasteiger partial charge >= 0.3 is 5.97 Å². The fraction of sp³-hybridized carbons (Fsp3) is 0.478. The number of nitrogens with zero attached hydrogens (tertiary/aromatic N) is 1. The van der Waals surface area contributed by atoms with E-state index in [0.717, 1.165) is 30.5 Å². The van der Waals surface area contributed by atoms with Crippen LogP contribution in [0.25, 0.3) is 0 Å². The molecule has 0 unspecified atom stereocenters. The third-order valence-electron chi connectivity index (χ3n) is 6.07. The van der Waals surface area contributed by atoms with E-state index in [-0.39, 0.29) is 42.7 Å². The Morgan fingerprint density at radius 3 is 2.67 bits per heavy atom. The third-order valence-corrected chi connectivity index (χ3v) is 6.97. The molecule has 0 radical (unpaired) electrons. The lowest BCUT2D eigenvalue weighted by Crippen LogP contribution is -2.39. The van der Waals surface area contributed by atoms with Gasteiger partial charge in [-0.15, -0.1) is 11.3 Å². The van der Waals surface area contributed by atoms with Crippen LogP contribution in [-0.4, -0.2) is 22.6 Å². The van der Waals surface area contributed by atoms with Crippen molar-refractivity contribution < 1.29 is 19.1 Å². The molecule has 30 heavy (non-hydrogen) atoms. The molecule has 7 heteroatoms. The first-order valence-corrected chi connectivity index (χ1v) is 11.4. The topological polar surface area (TPSA) is 85.4 Å². The Hall–Kier alpha value is -2.54. The number of thiazole rings is 1. The average molecular weight is 427 g/mol. The van der Waals surface area contributed by atoms with E-state index in [0.29, 0.717) is 29.3 Å². The quantitative estimate of drug-likeness (QED) is 0.704. The zero-order valence-electron chi connectivity index (χ0n) is 17.1. The molecule has 2 aromatic rings. The van der Waals surface area contributed by atoms with Gasteiger partial charge in [0.25, 0.3) is 0 Å². The van der Waals surface area contributed by atoms with Gasteiger partial charge in [0.05, 0.1) is 18.0 Å². The lowest BCUT2D eigenvalue weighted by atomic mass is 9.67. The Morgan fingerprint density at radius 2 is 1.93 bits per heavy atom. The van der Waals surface area contributed by atoms with Crippen molar-refractivity contribution in [1.29, 1.82) is 0 Å². The fourth-order valence-electron chi connectivity index (χ4n) is 4.48. The number of ether oxygens (including phenoxy) is 1. The molecule has 2 aliphatic carbocycles. The number of Topliss-reactive ketones (excluding diaryl/α,β-unsaturated/α-hetero) is 1. The van der Waals surface area contributed by atoms with Crippen molar-refractivity contribution >= 4 is 34.7 Å². The molecule has 2 fully saturated rings. The Kier molecular flexibility index (Phi) is 6.27. The molecule has 1 heterocycles. The molecule has 1 aromatic carbocycles. The van der Waals surface area contributed by atoms with Gasteiger partial charge < -0.3 is 10.1 Å². The summed E-state index contributed by atoms with van der Waals surface area (Å²) in [6, 6.07) is 7.62. The minimum Gasteiger partial charge on any atom is -0.459 e. The Labute approximate surface area is 180 Å². The van der Waals surface area contributed by atoms with Gasteiger partial charge in [-0.1, -0.05) is 24.6 Å². The summed E-state index contributed by atoms with van der Waals surface area (Å²) in [5, 5.41) is 5.41. The molecule has 1 aromatic heterocycles. The third kappa shape index (κ3) is 4.78. The van der Waals surface area contributed by atoms with E-state index in [9.17, 15) is 14.4 Å². The summed E-state index contributed by atoms with van der Waals surface area (Å²) >= 11 is 1.39. The number of hydrogen-bond donors (Lipinski definition) is 1. The summed E-state index contributed by atoms with van der Waals surface area (Å²) in [5.74, 6) is -0.123. The molecule has 6 nitrogen and oxygen atoms in total. The number of carbonyl (C=O) groups excluding carboxylic acids is 3. The highest BCUT2D eigenvalue weighted by Crippen LogP contribution is 2.40. The maximum atomic E-state index is 12.5. The van der Waals surface area contributed by atoms with E-state index in [4.69, 9.17) is 4.74 Å². The van der Waals surface area contributed by atoms with Gasteiger partial charge in [0.2, 0.25) is 5.91 Å². The summed E-state index contributed by atoms with van der Waals surface area (Å²) in [4.78, 5) is 41.4. The first-order valence-electron chi connectivity index (χ1n) is 10.5. The number of para-hydroxylation sites is 1. The van der Waals surface area contributed by atoms with Gasteiger partial charge in [-0.3, -0.25) is 14.4 Å². The summed E-state index contributed by atoms with van der Waals surface area (Å²) in [7, 11) is 0. The number of benzene rings is 1. The number of ketones is 1. The molecule has 0 aliphatic heterocycles. The van der Waals surface area contributed by atoms with E-state index >= 15 is 0 Å². The van der Waals surface area contributed by atoms with E-state index in [1.165, 1.54) is 11.3 Å². The number of nitrogens with one attached hydrogen (secondary N) is 1. The number of amides is 1. The first-order chi connectivity index (χ1) is 14.5. The van der Waals surface area contributed by atoms with Gasteiger partial charge in [0.1, 0.15) is 17.4 Å². The predicted molar refractivity (Wildman–Crippen MR) is 114 cm³/mol. The number of hydrogen-bond acceptors (Lipinski definition) is 6. The number of aromatic nitrogens is 1. The van der Waals surface area contributed by atoms with Crippen LogP contribution in [0.3, 0.4) is 0 Å². The molecule has 2 saturated carbocycles. The summed E-state index contributed by atoms with van der Waals surface area (Å²) < 4.78 is 5.49. The van der Waals surface area contributed by atoms with Crippen molar-refractivity contribution in [3.8, 4) is 0 Å². The molecule has 2 aliphatic rings. The van der Waals surface area contributed by atoms with Gasteiger partial charge in [0, 0.05) is 22.9 Å². The maximum absolute atomic E-state index is 12.5. The smallest absolute Gasteiger partial charge is 0.309 e. The number of anilines is 1. The average Bonchev–Trinajstić information content (AvgIpc) is 3.15. The second-order valence-corrected chi connectivity index (χ2v) is 9.22. The van der Waals surface area contributed by atoms with Crippen LogP contribution in [0.1, 0.15) is 48.4 Å². The number of fused-ring (bicyclic) bond motifs is 2. The number of aryl methyl sites for hydroxylation is 1. The van der Waals surface area contributed by atoms with Gasteiger partial charge in [-0.05, 0) is 44.2 Å². The molecule has 0 spiro atoms. The van der Waals surface area contributed by atoms with Crippen molar-refractivity contribution in [2.45, 2.75) is 52.1 Å². The van der Waals surface area contributed by atoms with Crippen LogP contribution in [0.2, 0.25) is 0 Å². The SMILES string of the molecule is Cc1ccccc1NC(=O)Cc1nc(COC(=O)C2C[C@@H]3CCC[C@@H](C2)C3=O)cs1. The van der Waals surface area contributed by atoms with E-state index < -0.39 is 0 Å². The largest absolute Gasteiger partial charge is 0.459 e. The number of esters is 1. The maximum Gasteiger partial charge on any atom is 0.309 e. The minimum absolute atomic E-state index is 0.0349. The molecule has 0 saturated heterocycles. The Morgan fingerprint density at radius 1 is 1.20 bits per heavy atom. The lowest BCUT2D eigenvalue weighted by molar-refractivity contribution is -0.154. The van der Waals surface area contributed by atoms with E-state index in [2.05, 4.69) is 10.3 Å². The summed E-state index contributed by atoms with van der Waals surface area (Å²) in [6.07, 6.45) is 4.31. The molecule has 4 rings (SSSR count). The van der Waals surface area contributed by atoms with Crippen LogP contribution in [0.15, 0.2) is 29.6 Å². The molecular weight excluding hydrogens is 400 g/mol. The van der Waals surface area contributed by atoms with Crippen LogP contribution >= 0.6 is 11.3 Å². The zero-order chi connectivity index (χ0) is 21.1. The number of rotatable bonds is 6. The lowest BCUT2D eigenvalue weighted by Gasteiger charge is -2.36. The van der Waals surface area contributed by atoms with Crippen molar-refractivity contribution in [1.82, 2.24) is 4.98 Å². The molecule has 2 atom stereocenters. The molecule has 1 amide bonds. The van der Waals surface area contributed by atoms with Crippen molar-refractivity contribution in [3.05, 3.63) is 45.9 Å². The van der Waals surface area contributed by atoms with Crippen LogP contribution in [0, 0.1) is 24.7 Å². The highest BCUT2D eigenvalue weighted by atomic mass is 32.1. The normalized spacial score (nSPS) is 23.1. The van der Waals surface area contributed by atoms with Crippen molar-refractivity contribution in [2.75, 3.05) is 5.32 Å². The van der Waals surface area contributed by atoms with Crippen LogP contribution in [0.4, 0.5) is 5.69 Å². The van der Waals surface area contributed by atoms with Gasteiger partial charge in [0.15, 0.2) is 0 Å². The standard InChI is InChI=1S/C23H26N2O4S/c1-14-5-2-3-8-19(14)25-20(26)11-21-24-18(13-30-21)12-29-23(28)17-9-15-6-4-7-16(10-17)22(15)27/h2-3,5,8,13,15-17H,4,6-7,9-12H2,1H3,(H,25,26)/t15-,16-/m0/s1. The van der Waals surface area contributed by atoms with Crippen molar-refractivity contribution in [3.63, 3.8) is 0 Å². The second-order valence-electron chi connectivity index (χ2n) is 8.28. The number of carbonyl (C=O) groups is 3. The molecule has 158 valence electrons. The fourth-order valence-corrected chi connectivity index (χ4v) is 5.25. The minimum atomic E-state index is -0.230. The Balaban J connectivity index is 1.26. The second kappa shape index (κ2) is 9.08. The summed E-state index contributed by atoms with van der Waals surface area (Å²) in [5.41, 5.74) is 2.45. The molecule has 1 N–H and O–H groups in total. The van der Waals surface area contributed by atoms with Crippen LogP contribution in [-0.2, 0) is 32.1 Å². The highest BCUT2D eigenvalue weighted by Gasteiger charge is 2.41. The van der Waals surface area contributed by atoms with E-state index in [1.807, 2.05) is 36.6 Å². The molecule has 2 bridgehead atoms. The monoisotopic (exact) mass is 426 g/mol. The van der Waals surface area contributed by atoms with Crippen LogP contribution in [0.5, 0.6) is 0 Å². The highest BCUT2D eigenvalue weighted by molar-refractivity contribution is 7.09. The van der Waals surface area contributed by atoms with Crippen LogP contribution < -0.4 is 5.32 Å². The van der Waals surface area contributed by atoms with Crippen molar-refractivity contribution in [2.24, 2.45) is 17.8 Å².